The molecule has 1 saturated heterocycles. The van der Waals surface area contributed by atoms with Crippen molar-refractivity contribution in [2.45, 2.75) is 45.3 Å². The molecule has 1 fully saturated rings. The van der Waals surface area contributed by atoms with Crippen LogP contribution in [0, 0.1) is 5.92 Å². The average molecular weight is 272 g/mol. The highest BCUT2D eigenvalue weighted by atomic mass is 16.6. The van der Waals surface area contributed by atoms with Gasteiger partial charge in [0.1, 0.15) is 5.60 Å². The van der Waals surface area contributed by atoms with Crippen molar-refractivity contribution >= 4 is 12.1 Å². The van der Waals surface area contributed by atoms with Crippen LogP contribution in [0.4, 0.5) is 4.79 Å². The Morgan fingerprint density at radius 3 is 2.58 bits per heavy atom. The van der Waals surface area contributed by atoms with Gasteiger partial charge in [-0.25, -0.2) is 4.79 Å². The molecule has 2 N–H and O–H groups in total. The fourth-order valence-electron chi connectivity index (χ4n) is 2.15. The molecule has 0 spiro atoms. The summed E-state index contributed by atoms with van der Waals surface area (Å²) in [6.07, 6.45) is 0.759. The molecule has 1 aliphatic heterocycles. The molecule has 0 aromatic rings. The van der Waals surface area contributed by atoms with E-state index >= 15 is 0 Å². The van der Waals surface area contributed by atoms with E-state index in [2.05, 4.69) is 10.2 Å². The minimum absolute atomic E-state index is 0.0439. The first-order valence-electron chi connectivity index (χ1n) is 6.59. The van der Waals surface area contributed by atoms with Gasteiger partial charge in [0.05, 0.1) is 5.92 Å². The summed E-state index contributed by atoms with van der Waals surface area (Å²) in [5, 5.41) is 11.7. The summed E-state index contributed by atoms with van der Waals surface area (Å²) in [5.74, 6) is -1.07. The number of carbonyl (C=O) groups is 2. The molecule has 0 radical (unpaired) electrons. The van der Waals surface area contributed by atoms with E-state index in [0.717, 1.165) is 6.54 Å². The minimum Gasteiger partial charge on any atom is -0.481 e. The summed E-state index contributed by atoms with van der Waals surface area (Å²) >= 11 is 0. The van der Waals surface area contributed by atoms with Crippen LogP contribution in [0.2, 0.25) is 0 Å². The summed E-state index contributed by atoms with van der Waals surface area (Å²) in [5.41, 5.74) is -0.522. The summed E-state index contributed by atoms with van der Waals surface area (Å²) in [4.78, 5) is 24.6. The van der Waals surface area contributed by atoms with Crippen LogP contribution in [0.1, 0.15) is 33.6 Å². The molecule has 6 heteroatoms. The number of likely N-dealkylation sites (tertiary alicyclic amines) is 1. The van der Waals surface area contributed by atoms with Gasteiger partial charge in [0.25, 0.3) is 0 Å². The first-order chi connectivity index (χ1) is 8.69. The van der Waals surface area contributed by atoms with Crippen LogP contribution in [0.3, 0.4) is 0 Å². The standard InChI is InChI=1S/C13H24N2O4/c1-13(2,3)19-12(18)14-8-10-7-9(11(16)17)5-6-15(10)4/h9-10H,5-8H2,1-4H3,(H,14,18)(H,16,17). The lowest BCUT2D eigenvalue weighted by Crippen LogP contribution is -2.48. The van der Waals surface area contributed by atoms with Crippen molar-refractivity contribution < 1.29 is 19.4 Å². The van der Waals surface area contributed by atoms with E-state index in [0.29, 0.717) is 19.4 Å². The van der Waals surface area contributed by atoms with Crippen molar-refractivity contribution in [2.75, 3.05) is 20.1 Å². The van der Waals surface area contributed by atoms with E-state index in [1.165, 1.54) is 0 Å². The lowest BCUT2D eigenvalue weighted by Gasteiger charge is -2.35. The largest absolute Gasteiger partial charge is 0.481 e. The van der Waals surface area contributed by atoms with E-state index in [9.17, 15) is 9.59 Å². The number of hydrogen-bond acceptors (Lipinski definition) is 4. The van der Waals surface area contributed by atoms with E-state index in [1.54, 1.807) is 20.8 Å². The third kappa shape index (κ3) is 5.46. The lowest BCUT2D eigenvalue weighted by atomic mass is 9.91. The molecule has 110 valence electrons. The van der Waals surface area contributed by atoms with Crippen LogP contribution < -0.4 is 5.32 Å². The first-order valence-corrected chi connectivity index (χ1v) is 6.59. The highest BCUT2D eigenvalue weighted by molar-refractivity contribution is 5.70. The average Bonchev–Trinajstić information content (AvgIpc) is 2.25. The number of likely N-dealkylation sites (N-methyl/N-ethyl adjacent to an activating group) is 1. The number of nitrogens with zero attached hydrogens (tertiary/aromatic N) is 1. The number of carboxylic acids is 1. The van der Waals surface area contributed by atoms with Gasteiger partial charge in [-0.05, 0) is 47.2 Å². The number of piperidine rings is 1. The van der Waals surface area contributed by atoms with Crippen LogP contribution >= 0.6 is 0 Å². The van der Waals surface area contributed by atoms with Gasteiger partial charge in [-0.1, -0.05) is 0 Å². The maximum Gasteiger partial charge on any atom is 0.407 e. The highest BCUT2D eigenvalue weighted by Gasteiger charge is 2.30. The minimum atomic E-state index is -0.754. The second-order valence-electron chi connectivity index (χ2n) is 6.08. The molecule has 1 amide bonds. The van der Waals surface area contributed by atoms with Gasteiger partial charge in [-0.15, -0.1) is 0 Å². The number of alkyl carbamates (subject to hydrolysis) is 1. The lowest BCUT2D eigenvalue weighted by molar-refractivity contribution is -0.143. The Kier molecular flexibility index (Phi) is 5.17. The molecule has 1 rings (SSSR count). The third-order valence-corrected chi connectivity index (χ3v) is 3.24. The van der Waals surface area contributed by atoms with Gasteiger partial charge in [-0.2, -0.15) is 0 Å². The maximum absolute atomic E-state index is 11.6. The number of amides is 1. The zero-order chi connectivity index (χ0) is 14.6. The van der Waals surface area contributed by atoms with E-state index in [4.69, 9.17) is 9.84 Å². The van der Waals surface area contributed by atoms with Gasteiger partial charge in [0.15, 0.2) is 0 Å². The number of carboxylic acid groups (broad SMARTS) is 1. The Morgan fingerprint density at radius 1 is 1.42 bits per heavy atom. The van der Waals surface area contributed by atoms with Crippen molar-refractivity contribution in [1.29, 1.82) is 0 Å². The van der Waals surface area contributed by atoms with Gasteiger partial charge >= 0.3 is 12.1 Å². The van der Waals surface area contributed by atoms with Gasteiger partial charge in [0.2, 0.25) is 0 Å². The van der Waals surface area contributed by atoms with Crippen molar-refractivity contribution in [3.8, 4) is 0 Å². The zero-order valence-corrected chi connectivity index (χ0v) is 12.1. The molecule has 2 unspecified atom stereocenters. The fourth-order valence-corrected chi connectivity index (χ4v) is 2.15. The van der Waals surface area contributed by atoms with Crippen LogP contribution in [-0.4, -0.2) is 53.8 Å². The number of ether oxygens (including phenoxy) is 1. The highest BCUT2D eigenvalue weighted by Crippen LogP contribution is 2.21. The summed E-state index contributed by atoms with van der Waals surface area (Å²) in [6, 6.07) is 0.0439. The second kappa shape index (κ2) is 6.23. The Labute approximate surface area is 114 Å². The Hall–Kier alpha value is -1.30. The third-order valence-electron chi connectivity index (χ3n) is 3.24. The molecule has 1 heterocycles. The van der Waals surface area contributed by atoms with Crippen molar-refractivity contribution in [3.05, 3.63) is 0 Å². The van der Waals surface area contributed by atoms with Crippen LogP contribution in [0.5, 0.6) is 0 Å². The maximum atomic E-state index is 11.6. The molecule has 0 aromatic carbocycles. The first kappa shape index (κ1) is 15.8. The predicted octanol–water partition coefficient (Wildman–Crippen LogP) is 1.31. The summed E-state index contributed by atoms with van der Waals surface area (Å²) in [6.45, 7) is 6.56. The number of rotatable bonds is 3. The second-order valence-corrected chi connectivity index (χ2v) is 6.08. The predicted molar refractivity (Wildman–Crippen MR) is 71.0 cm³/mol. The van der Waals surface area contributed by atoms with Crippen molar-refractivity contribution in [1.82, 2.24) is 10.2 Å². The van der Waals surface area contributed by atoms with Crippen LogP contribution in [0.25, 0.3) is 0 Å². The van der Waals surface area contributed by atoms with Crippen LogP contribution in [-0.2, 0) is 9.53 Å². The Balaban J connectivity index is 2.42. The normalized spacial score (nSPS) is 24.8. The van der Waals surface area contributed by atoms with Crippen molar-refractivity contribution in [3.63, 3.8) is 0 Å². The molecule has 0 saturated carbocycles. The number of carbonyl (C=O) groups excluding carboxylic acids is 1. The van der Waals surface area contributed by atoms with E-state index in [-0.39, 0.29) is 12.0 Å². The molecular formula is C13H24N2O4. The van der Waals surface area contributed by atoms with Gasteiger partial charge in [-0.3, -0.25) is 4.79 Å². The smallest absolute Gasteiger partial charge is 0.407 e. The van der Waals surface area contributed by atoms with Crippen molar-refractivity contribution in [2.24, 2.45) is 5.92 Å². The summed E-state index contributed by atoms with van der Waals surface area (Å²) < 4.78 is 5.15. The fraction of sp³-hybridized carbons (Fsp3) is 0.846. The molecular weight excluding hydrogens is 248 g/mol. The van der Waals surface area contributed by atoms with Gasteiger partial charge < -0.3 is 20.1 Å². The van der Waals surface area contributed by atoms with E-state index < -0.39 is 17.7 Å². The molecule has 0 bridgehead atoms. The molecule has 0 aromatic heterocycles. The van der Waals surface area contributed by atoms with Gasteiger partial charge in [0, 0.05) is 12.6 Å². The quantitative estimate of drug-likeness (QED) is 0.809. The monoisotopic (exact) mass is 272 g/mol. The Bertz CT molecular complexity index is 338. The number of hydrogen-bond donors (Lipinski definition) is 2. The Morgan fingerprint density at radius 2 is 2.05 bits per heavy atom. The number of aliphatic carboxylic acids is 1. The number of nitrogens with one attached hydrogen (secondary N) is 1. The zero-order valence-electron chi connectivity index (χ0n) is 12.1. The molecule has 1 aliphatic rings. The van der Waals surface area contributed by atoms with E-state index in [1.807, 2.05) is 7.05 Å². The van der Waals surface area contributed by atoms with Crippen LogP contribution in [0.15, 0.2) is 0 Å². The topological polar surface area (TPSA) is 78.9 Å². The molecule has 19 heavy (non-hydrogen) atoms. The molecule has 6 nitrogen and oxygen atoms in total. The molecule has 0 aliphatic carbocycles. The molecule has 2 atom stereocenters. The summed E-state index contributed by atoms with van der Waals surface area (Å²) in [7, 11) is 1.94. The SMILES string of the molecule is CN1CCC(C(=O)O)CC1CNC(=O)OC(C)(C)C.